The number of rotatable bonds is 7. The minimum absolute atomic E-state index is 0.00121. The second-order valence-electron chi connectivity index (χ2n) is 6.12. The molecule has 1 N–H and O–H groups in total. The van der Waals surface area contributed by atoms with E-state index in [4.69, 9.17) is 9.15 Å². The summed E-state index contributed by atoms with van der Waals surface area (Å²) in [5.41, 5.74) is 5.33. The van der Waals surface area contributed by atoms with Gasteiger partial charge in [0.1, 0.15) is 17.1 Å². The van der Waals surface area contributed by atoms with Crippen LogP contribution in [-0.4, -0.2) is 33.9 Å². The van der Waals surface area contributed by atoms with Crippen LogP contribution in [0.3, 0.4) is 0 Å². The number of amides is 1. The summed E-state index contributed by atoms with van der Waals surface area (Å²) in [7, 11) is 0. The third-order valence-electron chi connectivity index (χ3n) is 4.02. The number of benzene rings is 2. The normalized spacial score (nSPS) is 10.8. The Labute approximate surface area is 172 Å². The molecule has 0 aliphatic rings. The first-order chi connectivity index (χ1) is 14.8. The summed E-state index contributed by atoms with van der Waals surface area (Å²) in [5.74, 6) is 0.0579. The van der Waals surface area contributed by atoms with Gasteiger partial charge in [-0.25, -0.2) is 5.43 Å². The predicted octanol–water partition coefficient (Wildman–Crippen LogP) is 3.33. The van der Waals surface area contributed by atoms with Gasteiger partial charge in [-0.15, -0.1) is 5.10 Å². The molecule has 8 nitrogen and oxygen atoms in total. The maximum atomic E-state index is 11.9. The minimum Gasteiger partial charge on any atom is -0.463 e. The molecule has 0 saturated carbocycles. The Bertz CT molecular complexity index is 1130. The fourth-order valence-electron chi connectivity index (χ4n) is 2.65. The van der Waals surface area contributed by atoms with Gasteiger partial charge in [-0.3, -0.25) is 4.79 Å². The fraction of sp³-hybridized carbons (Fsp3) is 0.0455. The summed E-state index contributed by atoms with van der Waals surface area (Å²) in [6.45, 7) is -0.309. The Morgan fingerprint density at radius 2 is 1.63 bits per heavy atom. The molecule has 0 unspecified atom stereocenters. The van der Waals surface area contributed by atoms with Crippen molar-refractivity contribution in [1.29, 1.82) is 0 Å². The molecule has 2 aromatic carbocycles. The number of carbonyl (C=O) groups excluding carboxylic acids is 1. The number of hydrogen-bond donors (Lipinski definition) is 1. The molecule has 4 rings (SSSR count). The number of aromatic nitrogens is 3. The topological polar surface area (TPSA) is 102 Å². The highest BCUT2D eigenvalue weighted by Crippen LogP contribution is 2.29. The molecule has 0 saturated heterocycles. The number of nitrogens with one attached hydrogen (secondary N) is 1. The maximum absolute atomic E-state index is 11.9. The van der Waals surface area contributed by atoms with Crippen LogP contribution < -0.4 is 10.2 Å². The number of ether oxygens (including phenoxy) is 1. The van der Waals surface area contributed by atoms with Crippen molar-refractivity contribution in [3.63, 3.8) is 0 Å². The van der Waals surface area contributed by atoms with Crippen molar-refractivity contribution in [3.05, 3.63) is 84.8 Å². The van der Waals surface area contributed by atoms with Crippen molar-refractivity contribution in [3.8, 4) is 28.5 Å². The van der Waals surface area contributed by atoms with Crippen LogP contribution in [0.5, 0.6) is 6.01 Å². The van der Waals surface area contributed by atoms with Crippen molar-refractivity contribution in [2.45, 2.75) is 0 Å². The molecule has 0 aliphatic heterocycles. The van der Waals surface area contributed by atoms with Crippen molar-refractivity contribution < 1.29 is 13.9 Å². The highest BCUT2D eigenvalue weighted by Gasteiger charge is 2.14. The van der Waals surface area contributed by atoms with Gasteiger partial charge in [-0.05, 0) is 12.1 Å². The number of nitrogens with zero attached hydrogens (tertiary/aromatic N) is 4. The maximum Gasteiger partial charge on any atom is 0.336 e. The monoisotopic (exact) mass is 399 g/mol. The van der Waals surface area contributed by atoms with Gasteiger partial charge in [0.15, 0.2) is 6.61 Å². The van der Waals surface area contributed by atoms with E-state index in [0.717, 1.165) is 11.1 Å². The second kappa shape index (κ2) is 9.24. The van der Waals surface area contributed by atoms with Gasteiger partial charge in [0, 0.05) is 11.1 Å². The van der Waals surface area contributed by atoms with Crippen LogP contribution in [0.1, 0.15) is 5.76 Å². The van der Waals surface area contributed by atoms with E-state index in [0.29, 0.717) is 17.1 Å². The Morgan fingerprint density at radius 3 is 2.30 bits per heavy atom. The van der Waals surface area contributed by atoms with Crippen LogP contribution in [0, 0.1) is 0 Å². The van der Waals surface area contributed by atoms with Gasteiger partial charge in [0.05, 0.1) is 12.5 Å². The third-order valence-corrected chi connectivity index (χ3v) is 4.02. The van der Waals surface area contributed by atoms with E-state index in [-0.39, 0.29) is 12.6 Å². The Hall–Kier alpha value is -4.33. The lowest BCUT2D eigenvalue weighted by molar-refractivity contribution is -0.123. The zero-order chi connectivity index (χ0) is 20.6. The van der Waals surface area contributed by atoms with E-state index in [2.05, 4.69) is 25.7 Å². The zero-order valence-corrected chi connectivity index (χ0v) is 15.8. The molecular weight excluding hydrogens is 382 g/mol. The molecule has 0 atom stereocenters. The van der Waals surface area contributed by atoms with Crippen LogP contribution in [0.4, 0.5) is 0 Å². The lowest BCUT2D eigenvalue weighted by atomic mass is 10.0. The van der Waals surface area contributed by atoms with Crippen LogP contribution in [0.2, 0.25) is 0 Å². The van der Waals surface area contributed by atoms with Crippen LogP contribution in [0.25, 0.3) is 22.5 Å². The summed E-state index contributed by atoms with van der Waals surface area (Å²) in [4.78, 5) is 16.4. The van der Waals surface area contributed by atoms with Gasteiger partial charge < -0.3 is 9.15 Å². The summed E-state index contributed by atoms with van der Waals surface area (Å²) in [5, 5.41) is 12.1. The second-order valence-corrected chi connectivity index (χ2v) is 6.12. The first kappa shape index (κ1) is 19.0. The molecular formula is C22H17N5O3. The van der Waals surface area contributed by atoms with E-state index in [1.807, 2.05) is 60.7 Å². The van der Waals surface area contributed by atoms with Gasteiger partial charge in [-0.1, -0.05) is 65.8 Å². The molecule has 0 bridgehead atoms. The molecule has 4 aromatic rings. The van der Waals surface area contributed by atoms with Crippen molar-refractivity contribution in [2.24, 2.45) is 5.10 Å². The Balaban J connectivity index is 1.49. The molecule has 2 heterocycles. The van der Waals surface area contributed by atoms with E-state index in [1.165, 1.54) is 12.5 Å². The van der Waals surface area contributed by atoms with E-state index in [9.17, 15) is 4.79 Å². The molecule has 0 spiro atoms. The van der Waals surface area contributed by atoms with Gasteiger partial charge >= 0.3 is 6.01 Å². The van der Waals surface area contributed by atoms with E-state index >= 15 is 0 Å². The van der Waals surface area contributed by atoms with Crippen LogP contribution >= 0.6 is 0 Å². The highest BCUT2D eigenvalue weighted by molar-refractivity contribution is 5.81. The highest BCUT2D eigenvalue weighted by atomic mass is 16.5. The van der Waals surface area contributed by atoms with Gasteiger partial charge in [0.2, 0.25) is 0 Å². The number of hydrazone groups is 1. The average molecular weight is 399 g/mol. The molecule has 2 aromatic heterocycles. The number of furan rings is 1. The lowest BCUT2D eigenvalue weighted by Gasteiger charge is -2.09. The quantitative estimate of drug-likeness (QED) is 0.378. The van der Waals surface area contributed by atoms with Crippen LogP contribution in [0.15, 0.2) is 88.6 Å². The molecule has 0 aliphatic carbocycles. The molecule has 8 heteroatoms. The van der Waals surface area contributed by atoms with Crippen molar-refractivity contribution in [2.75, 3.05) is 6.61 Å². The largest absolute Gasteiger partial charge is 0.463 e. The summed E-state index contributed by atoms with van der Waals surface area (Å²) < 4.78 is 10.5. The molecule has 0 fully saturated rings. The predicted molar refractivity (Wildman–Crippen MR) is 111 cm³/mol. The van der Waals surface area contributed by atoms with Gasteiger partial charge in [-0.2, -0.15) is 10.1 Å². The van der Waals surface area contributed by atoms with Crippen molar-refractivity contribution in [1.82, 2.24) is 20.6 Å². The standard InChI is InChI=1S/C22H17N5O3/c28-19(25-23-14-18-12-7-13-29-18)15-30-22-24-20(16-8-3-1-4-9-16)21(26-27-22)17-10-5-2-6-11-17/h1-14H,15H2,(H,25,28)/b23-14+. The SMILES string of the molecule is O=C(COc1nnc(-c2ccccc2)c(-c2ccccc2)n1)N/N=C/c1ccco1. The third kappa shape index (κ3) is 4.74. The number of carbonyl (C=O) groups is 1. The molecule has 1 amide bonds. The van der Waals surface area contributed by atoms with Crippen molar-refractivity contribution >= 4 is 12.1 Å². The molecule has 0 radical (unpaired) electrons. The zero-order valence-electron chi connectivity index (χ0n) is 15.8. The Kier molecular flexibility index (Phi) is 5.86. The smallest absolute Gasteiger partial charge is 0.336 e. The first-order valence-corrected chi connectivity index (χ1v) is 9.13. The summed E-state index contributed by atoms with van der Waals surface area (Å²) in [6, 6.07) is 22.7. The van der Waals surface area contributed by atoms with E-state index < -0.39 is 5.91 Å². The summed E-state index contributed by atoms with van der Waals surface area (Å²) in [6.07, 6.45) is 2.90. The molecule has 30 heavy (non-hydrogen) atoms. The Morgan fingerprint density at radius 1 is 0.933 bits per heavy atom. The number of hydrogen-bond acceptors (Lipinski definition) is 7. The van der Waals surface area contributed by atoms with E-state index in [1.54, 1.807) is 12.1 Å². The fourth-order valence-corrected chi connectivity index (χ4v) is 2.65. The van der Waals surface area contributed by atoms with Crippen LogP contribution in [-0.2, 0) is 4.79 Å². The van der Waals surface area contributed by atoms with Gasteiger partial charge in [0.25, 0.3) is 5.91 Å². The summed E-state index contributed by atoms with van der Waals surface area (Å²) >= 11 is 0. The first-order valence-electron chi connectivity index (χ1n) is 9.13. The molecule has 148 valence electrons. The lowest BCUT2D eigenvalue weighted by Crippen LogP contribution is -2.25. The average Bonchev–Trinajstić information content (AvgIpc) is 3.32. The minimum atomic E-state index is -0.463.